The van der Waals surface area contributed by atoms with E-state index in [1.165, 1.54) is 38.5 Å². The molecule has 0 aromatic heterocycles. The van der Waals surface area contributed by atoms with Crippen molar-refractivity contribution in [1.29, 1.82) is 0 Å². The van der Waals surface area contributed by atoms with Crippen LogP contribution in [0.15, 0.2) is 12.1 Å². The second kappa shape index (κ2) is 6.67. The molecule has 2 bridgehead atoms. The smallest absolute Gasteiger partial charge is 0.125 e. The number of ether oxygens (including phenoxy) is 1. The van der Waals surface area contributed by atoms with E-state index in [1.807, 2.05) is 12.1 Å². The van der Waals surface area contributed by atoms with E-state index in [0.717, 1.165) is 36.1 Å². The van der Waals surface area contributed by atoms with Crippen molar-refractivity contribution in [2.45, 2.75) is 57.8 Å². The number of aromatic hydroxyl groups is 1. The maximum Gasteiger partial charge on any atom is 0.125 e. The van der Waals surface area contributed by atoms with Crippen molar-refractivity contribution in [3.8, 4) is 11.5 Å². The van der Waals surface area contributed by atoms with Crippen molar-refractivity contribution in [2.24, 2.45) is 0 Å². The molecule has 0 spiro atoms. The van der Waals surface area contributed by atoms with Gasteiger partial charge in [0.1, 0.15) is 11.5 Å². The molecule has 0 unspecified atom stereocenters. The molecule has 0 radical (unpaired) electrons. The summed E-state index contributed by atoms with van der Waals surface area (Å²) in [6.07, 6.45) is 10.8. The van der Waals surface area contributed by atoms with Gasteiger partial charge in [-0.15, -0.1) is 0 Å². The molecule has 0 fully saturated rings. The Morgan fingerprint density at radius 3 is 2.17 bits per heavy atom. The SMILES string of the molecule is COc1ccc2c(O)c1CCCCCCCCC2. The Hall–Kier alpha value is -1.18. The number of phenols is 1. The number of hydrogen-bond donors (Lipinski definition) is 1. The fourth-order valence-corrected chi connectivity index (χ4v) is 2.80. The molecule has 0 amide bonds. The van der Waals surface area contributed by atoms with Crippen LogP contribution in [0.25, 0.3) is 0 Å². The topological polar surface area (TPSA) is 29.5 Å². The Labute approximate surface area is 110 Å². The van der Waals surface area contributed by atoms with Gasteiger partial charge in [0.05, 0.1) is 7.11 Å². The zero-order valence-corrected chi connectivity index (χ0v) is 11.4. The molecule has 1 aliphatic carbocycles. The van der Waals surface area contributed by atoms with E-state index in [2.05, 4.69) is 0 Å². The summed E-state index contributed by atoms with van der Waals surface area (Å²) in [5.41, 5.74) is 2.10. The molecule has 0 saturated carbocycles. The highest BCUT2D eigenvalue weighted by Gasteiger charge is 2.13. The van der Waals surface area contributed by atoms with Crippen LogP contribution in [0.4, 0.5) is 0 Å². The molecule has 0 aliphatic heterocycles. The highest BCUT2D eigenvalue weighted by molar-refractivity contribution is 5.49. The highest BCUT2D eigenvalue weighted by Crippen LogP contribution is 2.34. The van der Waals surface area contributed by atoms with Crippen molar-refractivity contribution in [1.82, 2.24) is 0 Å². The van der Waals surface area contributed by atoms with Crippen LogP contribution in [0.1, 0.15) is 56.1 Å². The van der Waals surface area contributed by atoms with Gasteiger partial charge < -0.3 is 9.84 Å². The Morgan fingerprint density at radius 1 is 0.889 bits per heavy atom. The molecule has 1 aromatic rings. The van der Waals surface area contributed by atoms with Crippen molar-refractivity contribution >= 4 is 0 Å². The van der Waals surface area contributed by atoms with Crippen LogP contribution in [0.5, 0.6) is 11.5 Å². The summed E-state index contributed by atoms with van der Waals surface area (Å²) in [5, 5.41) is 10.4. The Bertz CT molecular complexity index is 385. The lowest BCUT2D eigenvalue weighted by Gasteiger charge is -2.15. The maximum atomic E-state index is 10.4. The van der Waals surface area contributed by atoms with Gasteiger partial charge in [-0.1, -0.05) is 38.2 Å². The first-order valence-corrected chi connectivity index (χ1v) is 7.20. The van der Waals surface area contributed by atoms with Gasteiger partial charge in [0.2, 0.25) is 0 Å². The lowest BCUT2D eigenvalue weighted by Crippen LogP contribution is -1.98. The predicted molar refractivity (Wildman–Crippen MR) is 74.4 cm³/mol. The second-order valence-corrected chi connectivity index (χ2v) is 5.23. The zero-order valence-electron chi connectivity index (χ0n) is 11.4. The summed E-state index contributed by atoms with van der Waals surface area (Å²) in [6.45, 7) is 0. The number of hydrogen-bond acceptors (Lipinski definition) is 2. The van der Waals surface area contributed by atoms with Crippen LogP contribution in [0.2, 0.25) is 0 Å². The third kappa shape index (κ3) is 3.18. The molecule has 1 aliphatic rings. The van der Waals surface area contributed by atoms with Crippen LogP contribution in [-0.4, -0.2) is 12.2 Å². The van der Waals surface area contributed by atoms with Crippen LogP contribution < -0.4 is 4.74 Å². The molecular formula is C16H24O2. The lowest BCUT2D eigenvalue weighted by molar-refractivity contribution is 0.395. The molecule has 2 rings (SSSR count). The van der Waals surface area contributed by atoms with E-state index in [9.17, 15) is 5.11 Å². The van der Waals surface area contributed by atoms with Gasteiger partial charge in [0, 0.05) is 5.56 Å². The first-order valence-electron chi connectivity index (χ1n) is 7.20. The summed E-state index contributed by atoms with van der Waals surface area (Å²) in [7, 11) is 1.68. The minimum Gasteiger partial charge on any atom is -0.507 e. The van der Waals surface area contributed by atoms with E-state index >= 15 is 0 Å². The molecule has 0 atom stereocenters. The van der Waals surface area contributed by atoms with Gasteiger partial charge in [-0.05, 0) is 37.3 Å². The Kier molecular flexibility index (Phi) is 4.91. The quantitative estimate of drug-likeness (QED) is 0.806. The lowest BCUT2D eigenvalue weighted by atomic mass is 9.96. The molecular weight excluding hydrogens is 224 g/mol. The molecule has 0 heterocycles. The number of benzene rings is 1. The van der Waals surface area contributed by atoms with Crippen molar-refractivity contribution in [2.75, 3.05) is 7.11 Å². The van der Waals surface area contributed by atoms with Gasteiger partial charge in [-0.25, -0.2) is 0 Å². The van der Waals surface area contributed by atoms with E-state index < -0.39 is 0 Å². The molecule has 100 valence electrons. The normalized spacial score (nSPS) is 17.6. The van der Waals surface area contributed by atoms with E-state index in [4.69, 9.17) is 4.74 Å². The van der Waals surface area contributed by atoms with E-state index in [1.54, 1.807) is 7.11 Å². The summed E-state index contributed by atoms with van der Waals surface area (Å²) in [6, 6.07) is 4.03. The average molecular weight is 248 g/mol. The fourth-order valence-electron chi connectivity index (χ4n) is 2.80. The Balaban J connectivity index is 2.23. The molecule has 2 heteroatoms. The highest BCUT2D eigenvalue weighted by atomic mass is 16.5. The number of rotatable bonds is 1. The van der Waals surface area contributed by atoms with Gasteiger partial charge in [-0.3, -0.25) is 0 Å². The van der Waals surface area contributed by atoms with E-state index in [-0.39, 0.29) is 0 Å². The first kappa shape index (κ1) is 13.3. The predicted octanol–water partition coefficient (Wildman–Crippen LogP) is 4.23. The second-order valence-electron chi connectivity index (χ2n) is 5.23. The van der Waals surface area contributed by atoms with Gasteiger partial charge in [0.15, 0.2) is 0 Å². The van der Waals surface area contributed by atoms with Gasteiger partial charge >= 0.3 is 0 Å². The molecule has 0 saturated heterocycles. The minimum atomic E-state index is 0.481. The number of aryl methyl sites for hydroxylation is 1. The van der Waals surface area contributed by atoms with Gasteiger partial charge in [-0.2, -0.15) is 0 Å². The molecule has 1 aromatic carbocycles. The standard InChI is InChI=1S/C16H24O2/c1-18-15-12-11-13-9-7-5-3-2-4-6-8-10-14(15)16(13)17/h11-12,17H,2-10H2,1H3. The molecule has 1 N–H and O–H groups in total. The van der Waals surface area contributed by atoms with Crippen LogP contribution in [0, 0.1) is 0 Å². The van der Waals surface area contributed by atoms with Crippen LogP contribution >= 0.6 is 0 Å². The summed E-state index contributed by atoms with van der Waals surface area (Å²) in [5.74, 6) is 1.32. The number of phenolic OH excluding ortho intramolecular Hbond substituents is 1. The Morgan fingerprint density at radius 2 is 1.50 bits per heavy atom. The third-order valence-electron chi connectivity index (χ3n) is 3.92. The monoisotopic (exact) mass is 248 g/mol. The first-order chi connectivity index (χ1) is 8.83. The summed E-state index contributed by atoms with van der Waals surface area (Å²) in [4.78, 5) is 0. The molecule has 2 nitrogen and oxygen atoms in total. The fraction of sp³-hybridized carbons (Fsp3) is 0.625. The van der Waals surface area contributed by atoms with Crippen LogP contribution in [0.3, 0.4) is 0 Å². The van der Waals surface area contributed by atoms with Crippen molar-refractivity contribution < 1.29 is 9.84 Å². The zero-order chi connectivity index (χ0) is 12.8. The summed E-state index contributed by atoms with van der Waals surface area (Å²) >= 11 is 0. The number of methoxy groups -OCH3 is 1. The number of fused-ring (bicyclic) bond motifs is 2. The average Bonchev–Trinajstić information content (AvgIpc) is 2.38. The maximum absolute atomic E-state index is 10.4. The van der Waals surface area contributed by atoms with Crippen molar-refractivity contribution in [3.05, 3.63) is 23.3 Å². The molecule has 18 heavy (non-hydrogen) atoms. The van der Waals surface area contributed by atoms with Crippen molar-refractivity contribution in [3.63, 3.8) is 0 Å². The summed E-state index contributed by atoms with van der Waals surface area (Å²) < 4.78 is 5.37. The van der Waals surface area contributed by atoms with Gasteiger partial charge in [0.25, 0.3) is 0 Å². The third-order valence-corrected chi connectivity index (χ3v) is 3.92. The van der Waals surface area contributed by atoms with Crippen LogP contribution in [-0.2, 0) is 12.8 Å². The minimum absolute atomic E-state index is 0.481. The van der Waals surface area contributed by atoms with E-state index in [0.29, 0.717) is 5.75 Å². The largest absolute Gasteiger partial charge is 0.507 e.